The zero-order valence-electron chi connectivity index (χ0n) is 11.2. The lowest BCUT2D eigenvalue weighted by atomic mass is 10.0. The number of aliphatic carboxylic acids is 1. The number of carboxylic acids is 1. The van der Waals surface area contributed by atoms with Gasteiger partial charge in [-0.2, -0.15) is 0 Å². The Balaban J connectivity index is 2.00. The quantitative estimate of drug-likeness (QED) is 0.921. The third-order valence-corrected chi connectivity index (χ3v) is 3.90. The predicted octanol–water partition coefficient (Wildman–Crippen LogP) is 2.84. The number of nitrogens with zero attached hydrogens (tertiary/aromatic N) is 1. The van der Waals surface area contributed by atoms with Gasteiger partial charge >= 0.3 is 5.97 Å². The fourth-order valence-electron chi connectivity index (χ4n) is 2.30. The fourth-order valence-corrected chi connectivity index (χ4v) is 2.63. The molecule has 1 aromatic rings. The minimum absolute atomic E-state index is 0.260. The molecular weight excluding hydrogens is 317 g/mol. The highest BCUT2D eigenvalue weighted by molar-refractivity contribution is 6.34. The molecule has 0 aliphatic carbocycles. The first-order chi connectivity index (χ1) is 9.99. The van der Waals surface area contributed by atoms with Gasteiger partial charge in [-0.3, -0.25) is 4.79 Å². The third-order valence-electron chi connectivity index (χ3n) is 3.35. The Morgan fingerprint density at radius 3 is 2.81 bits per heavy atom. The first-order valence-electron chi connectivity index (χ1n) is 6.59. The molecule has 5 nitrogen and oxygen atoms in total. The zero-order chi connectivity index (χ0) is 15.4. The van der Waals surface area contributed by atoms with Crippen molar-refractivity contribution in [3.8, 4) is 5.75 Å². The van der Waals surface area contributed by atoms with Crippen LogP contribution in [0.15, 0.2) is 18.2 Å². The van der Waals surface area contributed by atoms with Gasteiger partial charge in [-0.05, 0) is 31.4 Å². The number of hydrogen-bond acceptors (Lipinski definition) is 3. The largest absolute Gasteiger partial charge is 0.482 e. The van der Waals surface area contributed by atoms with E-state index in [1.54, 1.807) is 12.1 Å². The molecule has 1 aliphatic rings. The summed E-state index contributed by atoms with van der Waals surface area (Å²) in [5.41, 5.74) is 0. The van der Waals surface area contributed by atoms with Crippen molar-refractivity contribution in [1.29, 1.82) is 0 Å². The summed E-state index contributed by atoms with van der Waals surface area (Å²) < 4.78 is 5.36. The van der Waals surface area contributed by atoms with Crippen LogP contribution in [0, 0.1) is 0 Å². The third kappa shape index (κ3) is 4.02. The molecule has 7 heteroatoms. The lowest BCUT2D eigenvalue weighted by molar-refractivity contribution is -0.152. The summed E-state index contributed by atoms with van der Waals surface area (Å²) >= 11 is 11.8. The van der Waals surface area contributed by atoms with Crippen molar-refractivity contribution in [2.24, 2.45) is 0 Å². The number of amides is 1. The van der Waals surface area contributed by atoms with Crippen molar-refractivity contribution in [2.45, 2.75) is 25.3 Å². The SMILES string of the molecule is O=C(O)[C@@H]1CCCCN1C(=O)COc1cc(Cl)ccc1Cl. The smallest absolute Gasteiger partial charge is 0.326 e. The van der Waals surface area contributed by atoms with Gasteiger partial charge in [0.2, 0.25) is 0 Å². The molecule has 0 radical (unpaired) electrons. The van der Waals surface area contributed by atoms with Gasteiger partial charge in [-0.15, -0.1) is 0 Å². The summed E-state index contributed by atoms with van der Waals surface area (Å²) in [6, 6.07) is 3.93. The number of carboxylic acid groups (broad SMARTS) is 1. The molecule has 1 fully saturated rings. The van der Waals surface area contributed by atoms with Crippen molar-refractivity contribution < 1.29 is 19.4 Å². The Morgan fingerprint density at radius 1 is 1.33 bits per heavy atom. The van der Waals surface area contributed by atoms with E-state index in [0.29, 0.717) is 28.8 Å². The topological polar surface area (TPSA) is 66.8 Å². The Bertz CT molecular complexity index is 550. The maximum Gasteiger partial charge on any atom is 0.326 e. The van der Waals surface area contributed by atoms with E-state index in [-0.39, 0.29) is 12.5 Å². The standard InChI is InChI=1S/C14H15Cl2NO4/c15-9-4-5-10(16)12(7-9)21-8-13(18)17-6-2-1-3-11(17)14(19)20/h4-5,7,11H,1-3,6,8H2,(H,19,20)/t11-/m0/s1. The van der Waals surface area contributed by atoms with Crippen LogP contribution >= 0.6 is 23.2 Å². The van der Waals surface area contributed by atoms with Crippen molar-refractivity contribution in [1.82, 2.24) is 4.90 Å². The van der Waals surface area contributed by atoms with Crippen LogP contribution in [0.4, 0.5) is 0 Å². The Kier molecular flexibility index (Phi) is 5.31. The summed E-state index contributed by atoms with van der Waals surface area (Å²) in [5, 5.41) is 9.95. The molecular formula is C14H15Cl2NO4. The Hall–Kier alpha value is -1.46. The molecule has 1 saturated heterocycles. The van der Waals surface area contributed by atoms with Gasteiger partial charge in [0.25, 0.3) is 5.91 Å². The van der Waals surface area contributed by atoms with Crippen LogP contribution in [0.3, 0.4) is 0 Å². The molecule has 1 aromatic carbocycles. The first-order valence-corrected chi connectivity index (χ1v) is 7.35. The molecule has 0 saturated carbocycles. The molecule has 0 aromatic heterocycles. The summed E-state index contributed by atoms with van der Waals surface area (Å²) in [6.45, 7) is 0.173. The second-order valence-corrected chi connectivity index (χ2v) is 5.64. The van der Waals surface area contributed by atoms with Crippen molar-refractivity contribution in [3.05, 3.63) is 28.2 Å². The molecule has 1 atom stereocenters. The van der Waals surface area contributed by atoms with Gasteiger partial charge in [0.1, 0.15) is 11.8 Å². The molecule has 0 bridgehead atoms. The zero-order valence-corrected chi connectivity index (χ0v) is 12.7. The van der Waals surface area contributed by atoms with Crippen molar-refractivity contribution >= 4 is 35.1 Å². The second-order valence-electron chi connectivity index (χ2n) is 4.80. The highest BCUT2D eigenvalue weighted by Gasteiger charge is 2.32. The number of hydrogen-bond donors (Lipinski definition) is 1. The number of piperidine rings is 1. The minimum Gasteiger partial charge on any atom is -0.482 e. The maximum atomic E-state index is 12.1. The molecule has 0 unspecified atom stereocenters. The van der Waals surface area contributed by atoms with Gasteiger partial charge in [0.15, 0.2) is 6.61 Å². The summed E-state index contributed by atoms with van der Waals surface area (Å²) in [4.78, 5) is 24.7. The van der Waals surface area contributed by atoms with E-state index < -0.39 is 12.0 Å². The molecule has 1 N–H and O–H groups in total. The molecule has 1 amide bonds. The van der Waals surface area contributed by atoms with Crippen LogP contribution in [-0.4, -0.2) is 41.1 Å². The number of likely N-dealkylation sites (tertiary alicyclic amines) is 1. The van der Waals surface area contributed by atoms with Gasteiger partial charge in [0, 0.05) is 17.6 Å². The molecule has 0 spiro atoms. The number of carbonyl (C=O) groups is 2. The Labute approximate surface area is 132 Å². The average molecular weight is 332 g/mol. The van der Waals surface area contributed by atoms with Crippen LogP contribution in [0.25, 0.3) is 0 Å². The number of benzene rings is 1. The van der Waals surface area contributed by atoms with E-state index in [1.165, 1.54) is 11.0 Å². The van der Waals surface area contributed by atoms with Crippen LogP contribution in [0.5, 0.6) is 5.75 Å². The number of halogens is 2. The lowest BCUT2D eigenvalue weighted by Crippen LogP contribution is -2.49. The van der Waals surface area contributed by atoms with Crippen LogP contribution in [0.2, 0.25) is 10.0 Å². The van der Waals surface area contributed by atoms with Crippen LogP contribution in [-0.2, 0) is 9.59 Å². The monoisotopic (exact) mass is 331 g/mol. The highest BCUT2D eigenvalue weighted by atomic mass is 35.5. The van der Waals surface area contributed by atoms with E-state index in [2.05, 4.69) is 0 Å². The van der Waals surface area contributed by atoms with Crippen molar-refractivity contribution in [3.63, 3.8) is 0 Å². The van der Waals surface area contributed by atoms with Gasteiger partial charge in [-0.1, -0.05) is 23.2 Å². The Morgan fingerprint density at radius 2 is 2.10 bits per heavy atom. The lowest BCUT2D eigenvalue weighted by Gasteiger charge is -2.32. The highest BCUT2D eigenvalue weighted by Crippen LogP contribution is 2.28. The molecule has 2 rings (SSSR count). The van der Waals surface area contributed by atoms with Gasteiger partial charge < -0.3 is 14.7 Å². The maximum absolute atomic E-state index is 12.1. The van der Waals surface area contributed by atoms with E-state index in [4.69, 9.17) is 33.0 Å². The van der Waals surface area contributed by atoms with Crippen LogP contribution in [0.1, 0.15) is 19.3 Å². The van der Waals surface area contributed by atoms with Crippen molar-refractivity contribution in [2.75, 3.05) is 13.2 Å². The van der Waals surface area contributed by atoms with Crippen LogP contribution < -0.4 is 4.74 Å². The summed E-state index contributed by atoms with van der Waals surface area (Å²) in [6.07, 6.45) is 2.08. The summed E-state index contributed by atoms with van der Waals surface area (Å²) in [5.74, 6) is -1.04. The van der Waals surface area contributed by atoms with Gasteiger partial charge in [-0.25, -0.2) is 4.79 Å². The summed E-state index contributed by atoms with van der Waals surface area (Å²) in [7, 11) is 0. The normalized spacial score (nSPS) is 18.4. The van der Waals surface area contributed by atoms with E-state index in [9.17, 15) is 9.59 Å². The molecule has 114 valence electrons. The average Bonchev–Trinajstić information content (AvgIpc) is 2.47. The van der Waals surface area contributed by atoms with E-state index in [1.807, 2.05) is 0 Å². The number of carbonyl (C=O) groups excluding carboxylic acids is 1. The number of ether oxygens (including phenoxy) is 1. The van der Waals surface area contributed by atoms with Gasteiger partial charge in [0.05, 0.1) is 5.02 Å². The fraction of sp³-hybridized carbons (Fsp3) is 0.429. The first kappa shape index (κ1) is 15.9. The molecule has 21 heavy (non-hydrogen) atoms. The minimum atomic E-state index is -0.983. The second kappa shape index (κ2) is 7.00. The molecule has 1 heterocycles. The molecule has 1 aliphatic heterocycles. The van der Waals surface area contributed by atoms with E-state index in [0.717, 1.165) is 12.8 Å². The number of rotatable bonds is 4. The predicted molar refractivity (Wildman–Crippen MR) is 78.9 cm³/mol. The van der Waals surface area contributed by atoms with E-state index >= 15 is 0 Å².